The average molecular weight is 237 g/mol. The van der Waals surface area contributed by atoms with Crippen molar-refractivity contribution in [3.8, 4) is 6.07 Å². The standard InChI is InChI=1S/C17H19N/c1-4-8-16-10-5-6-11-17(16)13-15(3)14(2)9-7-12-18/h4-6,10-11,13H,1-2,7-9H2,3H3/b15-13+. The Hall–Kier alpha value is -2.07. The van der Waals surface area contributed by atoms with Crippen molar-refractivity contribution in [3.63, 3.8) is 0 Å². The van der Waals surface area contributed by atoms with Crippen LogP contribution in [-0.2, 0) is 6.42 Å². The van der Waals surface area contributed by atoms with E-state index >= 15 is 0 Å². The first kappa shape index (κ1) is 14.0. The number of allylic oxidation sites excluding steroid dienone is 3. The monoisotopic (exact) mass is 237 g/mol. The summed E-state index contributed by atoms with van der Waals surface area (Å²) in [6.45, 7) is 9.85. The van der Waals surface area contributed by atoms with Gasteiger partial charge in [0, 0.05) is 6.42 Å². The Bertz CT molecular complexity index is 501. The Balaban J connectivity index is 2.91. The fourth-order valence-electron chi connectivity index (χ4n) is 1.76. The van der Waals surface area contributed by atoms with E-state index in [-0.39, 0.29) is 0 Å². The highest BCUT2D eigenvalue weighted by Crippen LogP contribution is 2.19. The SMILES string of the molecule is C=CCc1ccccc1/C=C(\C)C(=C)CCC#N. The van der Waals surface area contributed by atoms with E-state index in [0.717, 1.165) is 24.0 Å². The van der Waals surface area contributed by atoms with Gasteiger partial charge in [-0.15, -0.1) is 6.58 Å². The van der Waals surface area contributed by atoms with Gasteiger partial charge in [-0.05, 0) is 36.5 Å². The molecule has 0 saturated heterocycles. The molecule has 0 aliphatic rings. The van der Waals surface area contributed by atoms with Crippen molar-refractivity contribution >= 4 is 6.08 Å². The van der Waals surface area contributed by atoms with Crippen LogP contribution in [0.2, 0.25) is 0 Å². The predicted molar refractivity (Wildman–Crippen MR) is 78.0 cm³/mol. The van der Waals surface area contributed by atoms with Gasteiger partial charge in [0.05, 0.1) is 6.07 Å². The van der Waals surface area contributed by atoms with Crippen LogP contribution < -0.4 is 0 Å². The van der Waals surface area contributed by atoms with Crippen molar-refractivity contribution in [2.45, 2.75) is 26.2 Å². The van der Waals surface area contributed by atoms with Gasteiger partial charge < -0.3 is 0 Å². The van der Waals surface area contributed by atoms with Crippen LogP contribution in [0.5, 0.6) is 0 Å². The fraction of sp³-hybridized carbons (Fsp3) is 0.235. The molecule has 0 unspecified atom stereocenters. The minimum atomic E-state index is 0.526. The maximum absolute atomic E-state index is 8.58. The Labute approximate surface area is 110 Å². The highest BCUT2D eigenvalue weighted by atomic mass is 14.2. The smallest absolute Gasteiger partial charge is 0.0625 e. The summed E-state index contributed by atoms with van der Waals surface area (Å²) >= 11 is 0. The van der Waals surface area contributed by atoms with Gasteiger partial charge in [0.2, 0.25) is 0 Å². The molecule has 1 aromatic carbocycles. The van der Waals surface area contributed by atoms with Gasteiger partial charge >= 0.3 is 0 Å². The van der Waals surface area contributed by atoms with E-state index in [2.05, 4.69) is 37.4 Å². The zero-order chi connectivity index (χ0) is 13.4. The lowest BCUT2D eigenvalue weighted by Crippen LogP contribution is -1.89. The Morgan fingerprint density at radius 1 is 1.39 bits per heavy atom. The molecule has 1 heteroatoms. The molecule has 0 spiro atoms. The molecular formula is C17H19N. The minimum Gasteiger partial charge on any atom is -0.198 e. The maximum atomic E-state index is 8.58. The highest BCUT2D eigenvalue weighted by molar-refractivity contribution is 5.60. The maximum Gasteiger partial charge on any atom is 0.0625 e. The van der Waals surface area contributed by atoms with Gasteiger partial charge in [0.1, 0.15) is 0 Å². The molecule has 92 valence electrons. The van der Waals surface area contributed by atoms with Gasteiger partial charge in [-0.3, -0.25) is 0 Å². The summed E-state index contributed by atoms with van der Waals surface area (Å²) in [4.78, 5) is 0. The number of rotatable bonds is 6. The summed E-state index contributed by atoms with van der Waals surface area (Å²) in [5, 5.41) is 8.58. The molecule has 0 bridgehead atoms. The first-order valence-corrected chi connectivity index (χ1v) is 6.11. The molecule has 0 saturated carbocycles. The summed E-state index contributed by atoms with van der Waals surface area (Å²) in [6, 6.07) is 10.4. The largest absolute Gasteiger partial charge is 0.198 e. The van der Waals surface area contributed by atoms with Crippen LogP contribution in [0.15, 0.2) is 54.6 Å². The van der Waals surface area contributed by atoms with Crippen LogP contribution in [0.3, 0.4) is 0 Å². The Morgan fingerprint density at radius 3 is 2.78 bits per heavy atom. The van der Waals surface area contributed by atoms with E-state index in [4.69, 9.17) is 5.26 Å². The summed E-state index contributed by atoms with van der Waals surface area (Å²) in [7, 11) is 0. The van der Waals surface area contributed by atoms with Gasteiger partial charge in [-0.25, -0.2) is 0 Å². The molecule has 1 aromatic rings. The van der Waals surface area contributed by atoms with E-state index in [1.54, 1.807) is 0 Å². The second-order valence-corrected chi connectivity index (χ2v) is 4.28. The van der Waals surface area contributed by atoms with Gasteiger partial charge in [-0.1, -0.05) is 48.6 Å². The predicted octanol–water partition coefficient (Wildman–Crippen LogP) is 4.68. The quantitative estimate of drug-likeness (QED) is 0.520. The van der Waals surface area contributed by atoms with Gasteiger partial charge in [0.15, 0.2) is 0 Å². The van der Waals surface area contributed by atoms with E-state index in [0.29, 0.717) is 6.42 Å². The Morgan fingerprint density at radius 2 is 2.11 bits per heavy atom. The molecule has 0 N–H and O–H groups in total. The molecule has 0 aliphatic heterocycles. The van der Waals surface area contributed by atoms with E-state index < -0.39 is 0 Å². The van der Waals surface area contributed by atoms with Crippen LogP contribution >= 0.6 is 0 Å². The number of nitriles is 1. The van der Waals surface area contributed by atoms with Crippen LogP contribution in [-0.4, -0.2) is 0 Å². The van der Waals surface area contributed by atoms with Crippen LogP contribution in [0.1, 0.15) is 30.9 Å². The molecular weight excluding hydrogens is 218 g/mol. The first-order valence-electron chi connectivity index (χ1n) is 6.11. The molecule has 0 aliphatic carbocycles. The summed E-state index contributed by atoms with van der Waals surface area (Å²) in [6.07, 6.45) is 6.18. The third kappa shape index (κ3) is 4.07. The fourth-order valence-corrected chi connectivity index (χ4v) is 1.76. The molecule has 0 radical (unpaired) electrons. The average Bonchev–Trinajstić information content (AvgIpc) is 2.38. The second-order valence-electron chi connectivity index (χ2n) is 4.28. The van der Waals surface area contributed by atoms with E-state index in [1.807, 2.05) is 25.1 Å². The number of benzene rings is 1. The molecule has 0 fully saturated rings. The summed E-state index contributed by atoms with van der Waals surface area (Å²) in [5.41, 5.74) is 4.64. The molecule has 18 heavy (non-hydrogen) atoms. The van der Waals surface area contributed by atoms with Crippen molar-refractivity contribution in [1.82, 2.24) is 0 Å². The lowest BCUT2D eigenvalue weighted by atomic mass is 9.98. The molecule has 0 aromatic heterocycles. The van der Waals surface area contributed by atoms with Crippen molar-refractivity contribution < 1.29 is 0 Å². The minimum absolute atomic E-state index is 0.526. The third-order valence-corrected chi connectivity index (χ3v) is 2.89. The van der Waals surface area contributed by atoms with Crippen LogP contribution in [0, 0.1) is 11.3 Å². The zero-order valence-electron chi connectivity index (χ0n) is 10.9. The van der Waals surface area contributed by atoms with E-state index in [1.165, 1.54) is 11.1 Å². The van der Waals surface area contributed by atoms with Crippen LogP contribution in [0.4, 0.5) is 0 Å². The molecule has 1 rings (SSSR count). The number of hydrogen-bond acceptors (Lipinski definition) is 1. The summed E-state index contributed by atoms with van der Waals surface area (Å²) in [5.74, 6) is 0. The van der Waals surface area contributed by atoms with E-state index in [9.17, 15) is 0 Å². The lowest BCUT2D eigenvalue weighted by molar-refractivity contribution is 1.00. The number of hydrogen-bond donors (Lipinski definition) is 0. The van der Waals surface area contributed by atoms with Crippen molar-refractivity contribution in [3.05, 3.63) is 65.8 Å². The van der Waals surface area contributed by atoms with Crippen molar-refractivity contribution in [1.29, 1.82) is 5.26 Å². The molecule has 0 atom stereocenters. The third-order valence-electron chi connectivity index (χ3n) is 2.89. The van der Waals surface area contributed by atoms with Crippen LogP contribution in [0.25, 0.3) is 6.08 Å². The molecule has 0 heterocycles. The van der Waals surface area contributed by atoms with Crippen molar-refractivity contribution in [2.24, 2.45) is 0 Å². The van der Waals surface area contributed by atoms with Gasteiger partial charge in [0.25, 0.3) is 0 Å². The highest BCUT2D eigenvalue weighted by Gasteiger charge is 2.01. The molecule has 1 nitrogen and oxygen atoms in total. The Kier molecular flexibility index (Phi) is 5.67. The second kappa shape index (κ2) is 7.29. The first-order chi connectivity index (χ1) is 8.69. The lowest BCUT2D eigenvalue weighted by Gasteiger charge is -2.07. The molecule has 0 amide bonds. The zero-order valence-corrected chi connectivity index (χ0v) is 10.9. The van der Waals surface area contributed by atoms with Crippen molar-refractivity contribution in [2.75, 3.05) is 0 Å². The normalized spacial score (nSPS) is 10.8. The van der Waals surface area contributed by atoms with Gasteiger partial charge in [-0.2, -0.15) is 5.26 Å². The summed E-state index contributed by atoms with van der Waals surface area (Å²) < 4.78 is 0. The topological polar surface area (TPSA) is 23.8 Å². The number of nitrogens with zero attached hydrogens (tertiary/aromatic N) is 1.